The predicted octanol–water partition coefficient (Wildman–Crippen LogP) is 3.80. The van der Waals surface area contributed by atoms with Crippen LogP contribution < -0.4 is 5.73 Å². The van der Waals surface area contributed by atoms with Crippen molar-refractivity contribution in [3.05, 3.63) is 35.4 Å². The van der Waals surface area contributed by atoms with Crippen LogP contribution in [0.2, 0.25) is 0 Å². The van der Waals surface area contributed by atoms with Crippen molar-refractivity contribution in [2.45, 2.75) is 40.7 Å². The van der Waals surface area contributed by atoms with Crippen molar-refractivity contribution in [1.29, 1.82) is 0 Å². The summed E-state index contributed by atoms with van der Waals surface area (Å²) in [5.74, 6) is 1.92. The van der Waals surface area contributed by atoms with Gasteiger partial charge in [-0.1, -0.05) is 20.8 Å². The minimum absolute atomic E-state index is 0.234. The van der Waals surface area contributed by atoms with Gasteiger partial charge in [0, 0.05) is 18.5 Å². The molecule has 0 unspecified atom stereocenters. The molecule has 0 spiro atoms. The summed E-state index contributed by atoms with van der Waals surface area (Å²) >= 11 is 0. The molecule has 0 aliphatic rings. The Balaban J connectivity index is 2.54. The Labute approximate surface area is 119 Å². The fraction of sp³-hybridized carbons (Fsp3) is 0.438. The Kier molecular flexibility index (Phi) is 4.12. The Morgan fingerprint density at radius 2 is 2.05 bits per heavy atom. The van der Waals surface area contributed by atoms with E-state index in [1.165, 1.54) is 12.1 Å². The average Bonchev–Trinajstić information content (AvgIpc) is 2.67. The second-order valence-electron chi connectivity index (χ2n) is 5.58. The van der Waals surface area contributed by atoms with Crippen molar-refractivity contribution >= 4 is 5.82 Å². The van der Waals surface area contributed by atoms with Crippen molar-refractivity contribution in [1.82, 2.24) is 9.55 Å². The zero-order valence-electron chi connectivity index (χ0n) is 12.6. The second kappa shape index (κ2) is 5.65. The number of imidazole rings is 1. The SMILES string of the molecule is CCc1nc(-c2ccc(F)cc2C)c(N)n1CC(C)C. The Bertz CT molecular complexity index is 614. The number of hydrogen-bond acceptors (Lipinski definition) is 2. The van der Waals surface area contributed by atoms with E-state index in [9.17, 15) is 4.39 Å². The van der Waals surface area contributed by atoms with E-state index in [1.807, 2.05) is 6.92 Å². The normalized spacial score (nSPS) is 11.3. The molecule has 1 aromatic carbocycles. The van der Waals surface area contributed by atoms with E-state index in [0.29, 0.717) is 11.7 Å². The molecule has 2 rings (SSSR count). The monoisotopic (exact) mass is 275 g/mol. The van der Waals surface area contributed by atoms with E-state index in [-0.39, 0.29) is 5.82 Å². The summed E-state index contributed by atoms with van der Waals surface area (Å²) in [5.41, 5.74) is 8.80. The molecule has 0 saturated heterocycles. The Morgan fingerprint density at radius 3 is 2.60 bits per heavy atom. The number of nitrogens with zero attached hydrogens (tertiary/aromatic N) is 2. The van der Waals surface area contributed by atoms with Gasteiger partial charge in [0.05, 0.1) is 0 Å². The lowest BCUT2D eigenvalue weighted by atomic mass is 10.1. The van der Waals surface area contributed by atoms with Crippen LogP contribution in [0.15, 0.2) is 18.2 Å². The van der Waals surface area contributed by atoms with Crippen molar-refractivity contribution in [2.75, 3.05) is 5.73 Å². The quantitative estimate of drug-likeness (QED) is 0.922. The molecule has 2 N–H and O–H groups in total. The molecule has 0 aliphatic heterocycles. The first kappa shape index (κ1) is 14.6. The molecule has 20 heavy (non-hydrogen) atoms. The molecule has 0 fully saturated rings. The molecule has 0 saturated carbocycles. The summed E-state index contributed by atoms with van der Waals surface area (Å²) in [4.78, 5) is 4.66. The zero-order valence-corrected chi connectivity index (χ0v) is 12.6. The minimum atomic E-state index is -0.234. The second-order valence-corrected chi connectivity index (χ2v) is 5.58. The highest BCUT2D eigenvalue weighted by Crippen LogP contribution is 2.30. The van der Waals surface area contributed by atoms with Crippen LogP contribution in [0.4, 0.5) is 10.2 Å². The number of rotatable bonds is 4. The van der Waals surface area contributed by atoms with Gasteiger partial charge in [0.2, 0.25) is 0 Å². The average molecular weight is 275 g/mol. The van der Waals surface area contributed by atoms with E-state index < -0.39 is 0 Å². The van der Waals surface area contributed by atoms with Crippen LogP contribution in [-0.2, 0) is 13.0 Å². The summed E-state index contributed by atoms with van der Waals surface area (Å²) in [6, 6.07) is 4.72. The first-order chi connectivity index (χ1) is 9.43. The van der Waals surface area contributed by atoms with Crippen molar-refractivity contribution in [3.8, 4) is 11.3 Å². The standard InChI is InChI=1S/C16H22FN3/c1-5-14-19-15(16(18)20(14)9-10(2)3)13-7-6-12(17)8-11(13)4/h6-8,10H,5,9,18H2,1-4H3. The molecule has 1 aromatic heterocycles. The molecule has 3 nitrogen and oxygen atoms in total. The van der Waals surface area contributed by atoms with Crippen LogP contribution in [0.25, 0.3) is 11.3 Å². The minimum Gasteiger partial charge on any atom is -0.383 e. The lowest BCUT2D eigenvalue weighted by Crippen LogP contribution is -2.11. The van der Waals surface area contributed by atoms with Gasteiger partial charge in [-0.25, -0.2) is 9.37 Å². The van der Waals surface area contributed by atoms with Crippen LogP contribution in [0.5, 0.6) is 0 Å². The molecule has 0 aliphatic carbocycles. The lowest BCUT2D eigenvalue weighted by molar-refractivity contribution is 0.513. The number of hydrogen-bond donors (Lipinski definition) is 1. The maximum absolute atomic E-state index is 13.2. The van der Waals surface area contributed by atoms with Crippen molar-refractivity contribution in [2.24, 2.45) is 5.92 Å². The third kappa shape index (κ3) is 2.69. The van der Waals surface area contributed by atoms with Gasteiger partial charge >= 0.3 is 0 Å². The predicted molar refractivity (Wildman–Crippen MR) is 81.0 cm³/mol. The third-order valence-electron chi connectivity index (χ3n) is 3.39. The van der Waals surface area contributed by atoms with Gasteiger partial charge in [-0.3, -0.25) is 0 Å². The molecule has 0 amide bonds. The summed E-state index contributed by atoms with van der Waals surface area (Å²) in [5, 5.41) is 0. The van der Waals surface area contributed by atoms with Crippen LogP contribution in [0.3, 0.4) is 0 Å². The van der Waals surface area contributed by atoms with E-state index in [1.54, 1.807) is 6.07 Å². The van der Waals surface area contributed by atoms with Crippen LogP contribution in [0.1, 0.15) is 32.2 Å². The number of anilines is 1. The number of aryl methyl sites for hydroxylation is 2. The fourth-order valence-electron chi connectivity index (χ4n) is 2.44. The topological polar surface area (TPSA) is 43.8 Å². The van der Waals surface area contributed by atoms with E-state index in [4.69, 9.17) is 5.73 Å². The van der Waals surface area contributed by atoms with Crippen LogP contribution in [-0.4, -0.2) is 9.55 Å². The van der Waals surface area contributed by atoms with Gasteiger partial charge in [0.25, 0.3) is 0 Å². The first-order valence-electron chi connectivity index (χ1n) is 7.05. The number of benzene rings is 1. The van der Waals surface area contributed by atoms with Crippen molar-refractivity contribution in [3.63, 3.8) is 0 Å². The van der Waals surface area contributed by atoms with Gasteiger partial charge in [-0.05, 0) is 36.6 Å². The fourth-order valence-corrected chi connectivity index (χ4v) is 2.44. The molecule has 0 radical (unpaired) electrons. The molecule has 0 atom stereocenters. The Morgan fingerprint density at radius 1 is 1.35 bits per heavy atom. The summed E-state index contributed by atoms with van der Waals surface area (Å²) in [6.07, 6.45) is 0.831. The summed E-state index contributed by atoms with van der Waals surface area (Å²) in [6.45, 7) is 9.11. The molecule has 0 bridgehead atoms. The lowest BCUT2D eigenvalue weighted by Gasteiger charge is -2.11. The van der Waals surface area contributed by atoms with E-state index in [0.717, 1.165) is 35.6 Å². The highest BCUT2D eigenvalue weighted by molar-refractivity contribution is 5.73. The number of aromatic nitrogens is 2. The van der Waals surface area contributed by atoms with E-state index in [2.05, 4.69) is 30.3 Å². The van der Waals surface area contributed by atoms with Crippen LogP contribution in [0, 0.1) is 18.7 Å². The highest BCUT2D eigenvalue weighted by atomic mass is 19.1. The third-order valence-corrected chi connectivity index (χ3v) is 3.39. The maximum Gasteiger partial charge on any atom is 0.131 e. The molecule has 2 aromatic rings. The summed E-state index contributed by atoms with van der Waals surface area (Å²) < 4.78 is 15.3. The number of nitrogen functional groups attached to an aromatic ring is 1. The van der Waals surface area contributed by atoms with Crippen LogP contribution >= 0.6 is 0 Å². The van der Waals surface area contributed by atoms with Gasteiger partial charge in [0.1, 0.15) is 23.2 Å². The maximum atomic E-state index is 13.2. The first-order valence-corrected chi connectivity index (χ1v) is 7.05. The molecule has 1 heterocycles. The smallest absolute Gasteiger partial charge is 0.131 e. The molecule has 4 heteroatoms. The molecular weight excluding hydrogens is 253 g/mol. The summed E-state index contributed by atoms with van der Waals surface area (Å²) in [7, 11) is 0. The van der Waals surface area contributed by atoms with Gasteiger partial charge in [0.15, 0.2) is 0 Å². The van der Waals surface area contributed by atoms with Gasteiger partial charge < -0.3 is 10.3 Å². The number of halogens is 1. The van der Waals surface area contributed by atoms with Gasteiger partial charge in [-0.2, -0.15) is 0 Å². The Hall–Kier alpha value is -1.84. The number of nitrogens with two attached hydrogens (primary N) is 1. The molecular formula is C16H22FN3. The van der Waals surface area contributed by atoms with E-state index >= 15 is 0 Å². The molecule has 108 valence electrons. The zero-order chi connectivity index (χ0) is 14.9. The largest absolute Gasteiger partial charge is 0.383 e. The van der Waals surface area contributed by atoms with Crippen molar-refractivity contribution < 1.29 is 4.39 Å². The van der Waals surface area contributed by atoms with Gasteiger partial charge in [-0.15, -0.1) is 0 Å². The highest BCUT2D eigenvalue weighted by Gasteiger charge is 2.17.